The second kappa shape index (κ2) is 16.4. The van der Waals surface area contributed by atoms with Crippen LogP contribution in [0.1, 0.15) is 55.3 Å². The molecule has 55 heavy (non-hydrogen) atoms. The topological polar surface area (TPSA) is 137 Å². The van der Waals surface area contributed by atoms with E-state index in [1.54, 1.807) is 23.9 Å². The number of ether oxygens (including phenoxy) is 1. The Balaban J connectivity index is 0.891. The van der Waals surface area contributed by atoms with Gasteiger partial charge >= 0.3 is 0 Å². The van der Waals surface area contributed by atoms with Crippen LogP contribution in [0.2, 0.25) is 0 Å². The summed E-state index contributed by atoms with van der Waals surface area (Å²) in [6.07, 6.45) is 9.15. The lowest BCUT2D eigenvalue weighted by atomic mass is 9.52. The van der Waals surface area contributed by atoms with Crippen LogP contribution in [0.5, 0.6) is 0 Å². The van der Waals surface area contributed by atoms with Crippen LogP contribution >= 0.6 is 11.8 Å². The Morgan fingerprint density at radius 1 is 0.891 bits per heavy atom. The standard InChI is InChI=1S/C41H52N6O6S2/c48-40(33-6-8-35(9-7-33)45-14-16-46(17-15-45)41-26-30-22-31(27-41)24-32(23-30)28-41)43-55(51,52)37-10-11-38(39(25-37)47(49)50)42-34(12-13-44-18-20-53-21-19-44)29-54-36-4-2-1-3-5-36/h1-11,25,30-32,34,42H,12-24,26-29H2,(H,43,48)/t30?,31?,32?,34-,41?/m1/s1. The number of thioether (sulfide) groups is 1. The Kier molecular flexibility index (Phi) is 11.4. The van der Waals surface area contributed by atoms with Gasteiger partial charge in [-0.2, -0.15) is 0 Å². The molecular weight excluding hydrogens is 737 g/mol. The third-order valence-electron chi connectivity index (χ3n) is 12.6. The first kappa shape index (κ1) is 38.2. The number of rotatable bonds is 14. The number of nitro groups is 1. The molecule has 1 amide bonds. The summed E-state index contributed by atoms with van der Waals surface area (Å²) >= 11 is 1.66. The lowest BCUT2D eigenvalue weighted by molar-refractivity contribution is -0.384. The van der Waals surface area contributed by atoms with Gasteiger partial charge in [-0.15, -0.1) is 11.8 Å². The zero-order valence-electron chi connectivity index (χ0n) is 31.3. The summed E-state index contributed by atoms with van der Waals surface area (Å²) in [7, 11) is -4.41. The molecule has 14 heteroatoms. The molecule has 2 heterocycles. The molecule has 9 rings (SSSR count). The first-order chi connectivity index (χ1) is 26.6. The van der Waals surface area contributed by atoms with Crippen LogP contribution in [-0.4, -0.2) is 105 Å². The molecule has 0 unspecified atom stereocenters. The van der Waals surface area contributed by atoms with Crippen LogP contribution < -0.4 is 14.9 Å². The van der Waals surface area contributed by atoms with Gasteiger partial charge in [0.1, 0.15) is 5.69 Å². The highest BCUT2D eigenvalue weighted by molar-refractivity contribution is 7.99. The number of nitro benzene ring substituents is 1. The summed E-state index contributed by atoms with van der Waals surface area (Å²) in [5, 5.41) is 15.6. The number of carbonyl (C=O) groups is 1. The summed E-state index contributed by atoms with van der Waals surface area (Å²) in [5.74, 6) is 2.62. The Morgan fingerprint density at radius 3 is 2.18 bits per heavy atom. The molecule has 4 bridgehead atoms. The lowest BCUT2D eigenvalue weighted by Gasteiger charge is -2.61. The molecule has 0 aromatic heterocycles. The maximum atomic E-state index is 13.4. The van der Waals surface area contributed by atoms with E-state index in [2.05, 4.69) is 24.7 Å². The summed E-state index contributed by atoms with van der Waals surface area (Å²) < 4.78 is 34.5. The number of morpholine rings is 1. The molecule has 6 fully saturated rings. The molecule has 1 atom stereocenters. The average Bonchev–Trinajstić information content (AvgIpc) is 3.19. The van der Waals surface area contributed by atoms with Gasteiger partial charge in [0.25, 0.3) is 21.6 Å². The highest BCUT2D eigenvalue weighted by Gasteiger charge is 2.53. The van der Waals surface area contributed by atoms with E-state index in [0.717, 1.165) is 86.6 Å². The fraction of sp³-hybridized carbons (Fsp3) is 0.537. The number of hydrogen-bond acceptors (Lipinski definition) is 11. The van der Waals surface area contributed by atoms with Gasteiger partial charge in [-0.25, -0.2) is 13.1 Å². The number of piperazine rings is 1. The van der Waals surface area contributed by atoms with Crippen molar-refractivity contribution in [3.63, 3.8) is 0 Å². The van der Waals surface area contributed by atoms with Gasteiger partial charge in [-0.1, -0.05) is 18.2 Å². The van der Waals surface area contributed by atoms with Crippen molar-refractivity contribution in [1.82, 2.24) is 14.5 Å². The minimum atomic E-state index is -4.41. The van der Waals surface area contributed by atoms with E-state index in [1.165, 1.54) is 50.7 Å². The van der Waals surface area contributed by atoms with Crippen molar-refractivity contribution in [2.45, 2.75) is 66.3 Å². The number of carbonyl (C=O) groups excluding carboxylic acids is 1. The number of benzene rings is 3. The van der Waals surface area contributed by atoms with E-state index in [4.69, 9.17) is 4.74 Å². The monoisotopic (exact) mass is 788 g/mol. The highest BCUT2D eigenvalue weighted by Crippen LogP contribution is 2.58. The van der Waals surface area contributed by atoms with E-state index in [9.17, 15) is 23.3 Å². The third-order valence-corrected chi connectivity index (χ3v) is 15.1. The fourth-order valence-electron chi connectivity index (χ4n) is 10.2. The normalized spacial score (nSPS) is 26.1. The zero-order chi connectivity index (χ0) is 38.0. The van der Waals surface area contributed by atoms with E-state index >= 15 is 0 Å². The smallest absolute Gasteiger partial charge is 0.293 e. The van der Waals surface area contributed by atoms with Crippen molar-refractivity contribution in [2.24, 2.45) is 17.8 Å². The van der Waals surface area contributed by atoms with Crippen LogP contribution in [-0.2, 0) is 14.8 Å². The Labute approximate surface area is 328 Å². The molecule has 2 saturated heterocycles. The van der Waals surface area contributed by atoms with Gasteiger partial charge in [0.05, 0.1) is 23.0 Å². The second-order valence-corrected chi connectivity index (χ2v) is 19.0. The maximum Gasteiger partial charge on any atom is 0.293 e. The van der Waals surface area contributed by atoms with Gasteiger partial charge in [0, 0.05) is 85.4 Å². The Hall–Kier alpha value is -3.69. The first-order valence-electron chi connectivity index (χ1n) is 19.8. The van der Waals surface area contributed by atoms with Crippen molar-refractivity contribution < 1.29 is 22.9 Å². The minimum Gasteiger partial charge on any atom is -0.379 e. The first-order valence-corrected chi connectivity index (χ1v) is 22.3. The van der Waals surface area contributed by atoms with Crippen molar-refractivity contribution in [3.8, 4) is 0 Å². The van der Waals surface area contributed by atoms with Crippen LogP contribution in [0.15, 0.2) is 82.6 Å². The van der Waals surface area contributed by atoms with Crippen LogP contribution in [0, 0.1) is 27.9 Å². The number of anilines is 2. The summed E-state index contributed by atoms with van der Waals surface area (Å²) in [5.41, 5.74) is 1.47. The summed E-state index contributed by atoms with van der Waals surface area (Å²) in [4.78, 5) is 33.1. The van der Waals surface area contributed by atoms with Crippen LogP contribution in [0.25, 0.3) is 0 Å². The Bertz CT molecular complexity index is 1900. The molecule has 4 aliphatic carbocycles. The summed E-state index contributed by atoms with van der Waals surface area (Å²) in [6.45, 7) is 7.74. The van der Waals surface area contributed by atoms with Gasteiger partial charge in [-0.05, 0) is 111 Å². The number of sulfonamides is 1. The molecule has 0 spiro atoms. The quantitative estimate of drug-likeness (QED) is 0.111. The predicted molar refractivity (Wildman–Crippen MR) is 215 cm³/mol. The second-order valence-electron chi connectivity index (χ2n) is 16.2. The maximum absolute atomic E-state index is 13.4. The Morgan fingerprint density at radius 2 is 1.55 bits per heavy atom. The van der Waals surface area contributed by atoms with E-state index in [1.807, 2.05) is 42.5 Å². The molecule has 3 aromatic rings. The van der Waals surface area contributed by atoms with Crippen LogP contribution in [0.4, 0.5) is 17.1 Å². The van der Waals surface area contributed by atoms with Crippen molar-refractivity contribution >= 4 is 44.8 Å². The number of hydrogen-bond donors (Lipinski definition) is 2. The van der Waals surface area contributed by atoms with Crippen molar-refractivity contribution in [3.05, 3.63) is 88.5 Å². The predicted octanol–water partition coefficient (Wildman–Crippen LogP) is 6.10. The molecule has 3 aromatic carbocycles. The molecular formula is C41H52N6O6S2. The molecule has 12 nitrogen and oxygen atoms in total. The number of amides is 1. The van der Waals surface area contributed by atoms with E-state index in [0.29, 0.717) is 24.5 Å². The van der Waals surface area contributed by atoms with Crippen LogP contribution in [0.3, 0.4) is 0 Å². The highest BCUT2D eigenvalue weighted by atomic mass is 32.2. The fourth-order valence-corrected chi connectivity index (χ4v) is 12.2. The molecule has 2 N–H and O–H groups in total. The van der Waals surface area contributed by atoms with Crippen molar-refractivity contribution in [1.29, 1.82) is 0 Å². The van der Waals surface area contributed by atoms with Gasteiger partial charge in [0.2, 0.25) is 0 Å². The van der Waals surface area contributed by atoms with E-state index in [-0.39, 0.29) is 27.9 Å². The average molecular weight is 789 g/mol. The lowest BCUT2D eigenvalue weighted by Crippen LogP contribution is -2.63. The molecule has 0 radical (unpaired) electrons. The largest absolute Gasteiger partial charge is 0.379 e. The molecule has 2 aliphatic heterocycles. The van der Waals surface area contributed by atoms with Gasteiger partial charge in [-0.3, -0.25) is 24.7 Å². The van der Waals surface area contributed by atoms with E-state index < -0.39 is 20.9 Å². The molecule has 6 aliphatic rings. The number of nitrogens with one attached hydrogen (secondary N) is 2. The minimum absolute atomic E-state index is 0.137. The number of nitrogens with zero attached hydrogens (tertiary/aromatic N) is 4. The zero-order valence-corrected chi connectivity index (χ0v) is 32.9. The molecule has 294 valence electrons. The van der Waals surface area contributed by atoms with Gasteiger partial charge < -0.3 is 15.0 Å². The molecule has 4 saturated carbocycles. The third kappa shape index (κ3) is 8.83. The van der Waals surface area contributed by atoms with Gasteiger partial charge in [0.15, 0.2) is 0 Å². The SMILES string of the molecule is O=C(NS(=O)(=O)c1ccc(N[C@H](CCN2CCOCC2)CSc2ccccc2)c([N+](=O)[O-])c1)c1ccc(N2CCN(C34CC5CC(CC(C5)C3)C4)CC2)cc1. The van der Waals surface area contributed by atoms with Crippen molar-refractivity contribution in [2.75, 3.05) is 75.0 Å². The summed E-state index contributed by atoms with van der Waals surface area (Å²) in [6, 6.07) is 20.6.